The molecule has 0 saturated heterocycles. The van der Waals surface area contributed by atoms with Crippen molar-refractivity contribution < 1.29 is 23.9 Å². The van der Waals surface area contributed by atoms with Crippen molar-refractivity contribution >= 4 is 23.6 Å². The van der Waals surface area contributed by atoms with Crippen molar-refractivity contribution in [3.63, 3.8) is 0 Å². The molecule has 2 aromatic carbocycles. The second kappa shape index (κ2) is 7.15. The fourth-order valence-electron chi connectivity index (χ4n) is 2.94. The van der Waals surface area contributed by atoms with Crippen LogP contribution in [0, 0.1) is 6.92 Å². The molecule has 0 aliphatic carbocycles. The molecule has 2 atom stereocenters. The molecule has 3 rings (SSSR count). The number of amides is 2. The van der Waals surface area contributed by atoms with Gasteiger partial charge in [0, 0.05) is 5.56 Å². The fraction of sp³-hybridized carbons (Fsp3) is 0.238. The van der Waals surface area contributed by atoms with Crippen LogP contribution in [0.4, 0.5) is 0 Å². The molecule has 1 heterocycles. The fourth-order valence-corrected chi connectivity index (χ4v) is 2.94. The Bertz CT molecular complexity index is 897. The predicted octanol–water partition coefficient (Wildman–Crippen LogP) is 2.79. The molecule has 1 aliphatic heterocycles. The molecule has 0 unspecified atom stereocenters. The predicted molar refractivity (Wildman–Crippen MR) is 97.5 cm³/mol. The van der Waals surface area contributed by atoms with E-state index in [2.05, 4.69) is 0 Å². The number of fused-ring (bicyclic) bond motifs is 1. The lowest BCUT2D eigenvalue weighted by Gasteiger charge is -2.22. The number of carbonyl (C=O) groups is 4. The van der Waals surface area contributed by atoms with Gasteiger partial charge in [-0.1, -0.05) is 42.0 Å². The SMILES string of the molecule is Cc1ccc(C(=O)[C@H](C)OC(=O)[C@H](C)N2C(=O)c3ccccc3C2=O)cc1. The first-order chi connectivity index (χ1) is 12.8. The summed E-state index contributed by atoms with van der Waals surface area (Å²) in [4.78, 5) is 50.7. The van der Waals surface area contributed by atoms with E-state index in [1.165, 1.54) is 26.0 Å². The van der Waals surface area contributed by atoms with Crippen LogP contribution in [0.5, 0.6) is 0 Å². The molecule has 2 aromatic rings. The Labute approximate surface area is 156 Å². The maximum atomic E-state index is 12.5. The van der Waals surface area contributed by atoms with Gasteiger partial charge in [0.25, 0.3) is 11.8 Å². The number of ether oxygens (including phenoxy) is 1. The number of carbonyl (C=O) groups excluding carboxylic acids is 4. The monoisotopic (exact) mass is 365 g/mol. The summed E-state index contributed by atoms with van der Waals surface area (Å²) in [5.74, 6) is -2.24. The van der Waals surface area contributed by atoms with E-state index in [1.807, 2.05) is 6.92 Å². The zero-order valence-electron chi connectivity index (χ0n) is 15.3. The van der Waals surface area contributed by atoms with E-state index < -0.39 is 29.9 Å². The standard InChI is InChI=1S/C21H19NO5/c1-12-8-10-15(11-9-12)18(23)14(3)27-21(26)13(2)22-19(24)16-6-4-5-7-17(16)20(22)25/h4-11,13-14H,1-3H3/t13-,14-/m0/s1. The number of imide groups is 1. The lowest BCUT2D eigenvalue weighted by Crippen LogP contribution is -2.45. The first-order valence-corrected chi connectivity index (χ1v) is 8.59. The highest BCUT2D eigenvalue weighted by Crippen LogP contribution is 2.25. The minimum Gasteiger partial charge on any atom is -0.453 e. The lowest BCUT2D eigenvalue weighted by atomic mass is 10.1. The summed E-state index contributed by atoms with van der Waals surface area (Å²) in [5, 5.41) is 0. The van der Waals surface area contributed by atoms with Crippen molar-refractivity contribution in [1.82, 2.24) is 4.90 Å². The van der Waals surface area contributed by atoms with Crippen LogP contribution in [-0.4, -0.2) is 40.6 Å². The summed E-state index contributed by atoms with van der Waals surface area (Å²) < 4.78 is 5.23. The Morgan fingerprint density at radius 2 is 1.41 bits per heavy atom. The summed E-state index contributed by atoms with van der Waals surface area (Å²) in [6, 6.07) is 12.2. The molecule has 0 N–H and O–H groups in total. The van der Waals surface area contributed by atoms with E-state index in [-0.39, 0.29) is 16.9 Å². The lowest BCUT2D eigenvalue weighted by molar-refractivity contribution is -0.150. The Morgan fingerprint density at radius 1 is 0.889 bits per heavy atom. The zero-order chi connectivity index (χ0) is 19.7. The quantitative estimate of drug-likeness (QED) is 0.462. The number of Topliss-reactive ketones (excluding diaryl/α,β-unsaturated/α-hetero) is 1. The van der Waals surface area contributed by atoms with Crippen LogP contribution in [0.25, 0.3) is 0 Å². The Morgan fingerprint density at radius 3 is 1.93 bits per heavy atom. The van der Waals surface area contributed by atoms with Crippen molar-refractivity contribution in [1.29, 1.82) is 0 Å². The third-order valence-electron chi connectivity index (χ3n) is 4.55. The van der Waals surface area contributed by atoms with Crippen molar-refractivity contribution in [2.24, 2.45) is 0 Å². The number of hydrogen-bond acceptors (Lipinski definition) is 5. The van der Waals surface area contributed by atoms with Crippen LogP contribution in [-0.2, 0) is 9.53 Å². The molecule has 0 saturated carbocycles. The summed E-state index contributed by atoms with van der Waals surface area (Å²) in [6.07, 6.45) is -1.03. The second-order valence-corrected chi connectivity index (χ2v) is 6.51. The number of hydrogen-bond donors (Lipinski definition) is 0. The van der Waals surface area contributed by atoms with Crippen LogP contribution in [0.2, 0.25) is 0 Å². The molecule has 1 aliphatic rings. The Balaban J connectivity index is 1.71. The first-order valence-electron chi connectivity index (χ1n) is 8.59. The summed E-state index contributed by atoms with van der Waals surface area (Å²) >= 11 is 0. The highest BCUT2D eigenvalue weighted by molar-refractivity contribution is 6.22. The molecule has 0 radical (unpaired) electrons. The molecule has 0 bridgehead atoms. The molecule has 0 fully saturated rings. The van der Waals surface area contributed by atoms with E-state index >= 15 is 0 Å². The average molecular weight is 365 g/mol. The molecule has 2 amide bonds. The maximum Gasteiger partial charge on any atom is 0.329 e. The highest BCUT2D eigenvalue weighted by Gasteiger charge is 2.41. The summed E-state index contributed by atoms with van der Waals surface area (Å²) in [5.41, 5.74) is 1.95. The number of nitrogens with zero attached hydrogens (tertiary/aromatic N) is 1. The number of esters is 1. The molecule has 27 heavy (non-hydrogen) atoms. The van der Waals surface area contributed by atoms with Gasteiger partial charge in [-0.15, -0.1) is 0 Å². The largest absolute Gasteiger partial charge is 0.453 e. The van der Waals surface area contributed by atoms with Crippen LogP contribution >= 0.6 is 0 Å². The summed E-state index contributed by atoms with van der Waals surface area (Å²) in [6.45, 7) is 4.78. The van der Waals surface area contributed by atoms with Gasteiger partial charge in [-0.25, -0.2) is 4.79 Å². The minimum atomic E-state index is -1.13. The van der Waals surface area contributed by atoms with Gasteiger partial charge in [-0.05, 0) is 32.9 Å². The molecule has 6 nitrogen and oxygen atoms in total. The molecule has 0 spiro atoms. The third kappa shape index (κ3) is 3.38. The van der Waals surface area contributed by atoms with E-state index in [0.29, 0.717) is 5.56 Å². The van der Waals surface area contributed by atoms with Gasteiger partial charge in [0.1, 0.15) is 6.04 Å². The Kier molecular flexibility index (Phi) is 4.90. The molecule has 0 aromatic heterocycles. The van der Waals surface area contributed by atoms with Crippen LogP contribution in [0.15, 0.2) is 48.5 Å². The van der Waals surface area contributed by atoms with E-state index in [1.54, 1.807) is 36.4 Å². The molecule has 138 valence electrons. The van der Waals surface area contributed by atoms with Crippen molar-refractivity contribution in [2.75, 3.05) is 0 Å². The normalized spacial score (nSPS) is 15.3. The van der Waals surface area contributed by atoms with Crippen molar-refractivity contribution in [3.05, 3.63) is 70.8 Å². The third-order valence-corrected chi connectivity index (χ3v) is 4.55. The number of rotatable bonds is 5. The van der Waals surface area contributed by atoms with Gasteiger partial charge in [-0.2, -0.15) is 0 Å². The number of benzene rings is 2. The van der Waals surface area contributed by atoms with Gasteiger partial charge in [0.15, 0.2) is 6.10 Å². The highest BCUT2D eigenvalue weighted by atomic mass is 16.5. The smallest absolute Gasteiger partial charge is 0.329 e. The van der Waals surface area contributed by atoms with E-state index in [9.17, 15) is 19.2 Å². The number of ketones is 1. The molecular formula is C21H19NO5. The molecular weight excluding hydrogens is 346 g/mol. The van der Waals surface area contributed by atoms with Crippen LogP contribution in [0.3, 0.4) is 0 Å². The maximum absolute atomic E-state index is 12.5. The van der Waals surface area contributed by atoms with Gasteiger partial charge in [-0.3, -0.25) is 19.3 Å². The van der Waals surface area contributed by atoms with Crippen molar-refractivity contribution in [2.45, 2.75) is 32.9 Å². The van der Waals surface area contributed by atoms with Gasteiger partial charge in [0.2, 0.25) is 5.78 Å². The van der Waals surface area contributed by atoms with Gasteiger partial charge < -0.3 is 4.74 Å². The van der Waals surface area contributed by atoms with E-state index in [0.717, 1.165) is 10.5 Å². The zero-order valence-corrected chi connectivity index (χ0v) is 15.3. The Hall–Kier alpha value is -3.28. The van der Waals surface area contributed by atoms with E-state index in [4.69, 9.17) is 4.74 Å². The van der Waals surface area contributed by atoms with Gasteiger partial charge in [0.05, 0.1) is 11.1 Å². The minimum absolute atomic E-state index is 0.255. The average Bonchev–Trinajstić information content (AvgIpc) is 2.92. The van der Waals surface area contributed by atoms with Crippen LogP contribution in [0.1, 0.15) is 50.5 Å². The second-order valence-electron chi connectivity index (χ2n) is 6.51. The first kappa shape index (κ1) is 18.5. The number of aryl methyl sites for hydroxylation is 1. The van der Waals surface area contributed by atoms with Crippen LogP contribution < -0.4 is 0 Å². The topological polar surface area (TPSA) is 80.8 Å². The van der Waals surface area contributed by atoms with Crippen molar-refractivity contribution in [3.8, 4) is 0 Å². The van der Waals surface area contributed by atoms with Gasteiger partial charge >= 0.3 is 5.97 Å². The summed E-state index contributed by atoms with van der Waals surface area (Å²) in [7, 11) is 0. The molecule has 6 heteroatoms.